The van der Waals surface area contributed by atoms with E-state index in [9.17, 15) is 19.5 Å². The molecule has 2 aliphatic rings. The van der Waals surface area contributed by atoms with Gasteiger partial charge in [-0.15, -0.1) is 0 Å². The van der Waals surface area contributed by atoms with E-state index in [1.807, 2.05) is 54.6 Å². The molecule has 0 saturated carbocycles. The largest absolute Gasteiger partial charge is 0.480 e. The number of fused-ring (bicyclic) bond motifs is 2. The number of anilines is 1. The number of carboxylic acids is 1. The van der Waals surface area contributed by atoms with Crippen molar-refractivity contribution in [3.05, 3.63) is 76.8 Å². The van der Waals surface area contributed by atoms with Gasteiger partial charge in [-0.2, -0.15) is 0 Å². The summed E-state index contributed by atoms with van der Waals surface area (Å²) in [6, 6.07) is 18.5. The minimum absolute atomic E-state index is 0.244. The van der Waals surface area contributed by atoms with Gasteiger partial charge in [0.05, 0.1) is 6.42 Å². The number of ether oxygens (including phenoxy) is 1. The first kappa shape index (κ1) is 28.1. The van der Waals surface area contributed by atoms with Crippen molar-refractivity contribution in [3.63, 3.8) is 0 Å². The van der Waals surface area contributed by atoms with Crippen LogP contribution in [0.5, 0.6) is 0 Å². The third kappa shape index (κ3) is 5.72. The van der Waals surface area contributed by atoms with E-state index in [-0.39, 0.29) is 23.7 Å². The normalized spacial score (nSPS) is 21.7. The van der Waals surface area contributed by atoms with Crippen LogP contribution in [0.1, 0.15) is 63.7 Å². The predicted molar refractivity (Wildman–Crippen MR) is 156 cm³/mol. The Morgan fingerprint density at radius 2 is 1.77 bits per heavy atom. The molecule has 1 saturated heterocycles. The Balaban J connectivity index is 1.62. The summed E-state index contributed by atoms with van der Waals surface area (Å²) in [7, 11) is 0. The number of benzene rings is 3. The monoisotopic (exact) mass is 562 g/mol. The minimum Gasteiger partial charge on any atom is -0.480 e. The van der Waals surface area contributed by atoms with Crippen molar-refractivity contribution in [1.82, 2.24) is 4.90 Å². The summed E-state index contributed by atoms with van der Waals surface area (Å²) in [5.41, 5.74) is 2.06. The first-order chi connectivity index (χ1) is 19.0. The van der Waals surface area contributed by atoms with E-state index in [0.29, 0.717) is 30.2 Å². The Kier molecular flexibility index (Phi) is 7.89. The molecule has 7 nitrogen and oxygen atoms in total. The molecule has 0 bridgehead atoms. The lowest BCUT2D eigenvalue weighted by Gasteiger charge is -2.35. The fourth-order valence-corrected chi connectivity index (χ4v) is 6.01. The van der Waals surface area contributed by atoms with Gasteiger partial charge in [-0.25, -0.2) is 4.79 Å². The standard InChI is InChI=1S/C32H35ClN2O5/c1-32(2,3)19-35-25-15-14-21(33)17-24(25)29(23-12-8-10-20-9-4-5-11-22(20)23)40-27(30(35)37)18-28(36)34-16-7-6-13-26(34)31(38)39/h4-5,8-12,14-15,17,26-27,29H,6-7,13,16,18-19H2,1-3H3,(H,38,39). The van der Waals surface area contributed by atoms with Gasteiger partial charge in [0.25, 0.3) is 5.91 Å². The average Bonchev–Trinajstić information content (AvgIpc) is 3.02. The number of nitrogens with zero attached hydrogens (tertiary/aromatic N) is 2. The van der Waals surface area contributed by atoms with Crippen LogP contribution in [-0.2, 0) is 19.1 Å². The van der Waals surface area contributed by atoms with Crippen LogP contribution < -0.4 is 4.90 Å². The number of carbonyl (C=O) groups excluding carboxylic acids is 2. The van der Waals surface area contributed by atoms with Crippen molar-refractivity contribution in [2.45, 2.75) is 64.7 Å². The highest BCUT2D eigenvalue weighted by molar-refractivity contribution is 6.30. The number of carbonyl (C=O) groups is 3. The van der Waals surface area contributed by atoms with E-state index in [0.717, 1.165) is 34.7 Å². The van der Waals surface area contributed by atoms with Gasteiger partial charge in [0.2, 0.25) is 5.91 Å². The summed E-state index contributed by atoms with van der Waals surface area (Å²) < 4.78 is 6.66. The highest BCUT2D eigenvalue weighted by Gasteiger charge is 2.41. The van der Waals surface area contributed by atoms with Crippen molar-refractivity contribution >= 4 is 45.8 Å². The Morgan fingerprint density at radius 3 is 2.52 bits per heavy atom. The van der Waals surface area contributed by atoms with Crippen LogP contribution in [0, 0.1) is 5.41 Å². The first-order valence-electron chi connectivity index (χ1n) is 13.8. The number of likely N-dealkylation sites (tertiary alicyclic amines) is 1. The summed E-state index contributed by atoms with van der Waals surface area (Å²) in [5.74, 6) is -1.73. The molecular formula is C32H35ClN2O5. The maximum Gasteiger partial charge on any atom is 0.326 e. The topological polar surface area (TPSA) is 87.2 Å². The van der Waals surface area contributed by atoms with Crippen molar-refractivity contribution in [3.8, 4) is 0 Å². The Labute approximate surface area is 239 Å². The number of aliphatic carboxylic acids is 1. The molecule has 2 aliphatic heterocycles. The number of piperidine rings is 1. The number of hydrogen-bond donors (Lipinski definition) is 1. The van der Waals surface area contributed by atoms with E-state index in [4.69, 9.17) is 16.3 Å². The molecule has 3 atom stereocenters. The first-order valence-corrected chi connectivity index (χ1v) is 14.2. The summed E-state index contributed by atoms with van der Waals surface area (Å²) >= 11 is 6.51. The fourth-order valence-electron chi connectivity index (χ4n) is 5.82. The van der Waals surface area contributed by atoms with E-state index in [2.05, 4.69) is 20.8 Å². The maximum atomic E-state index is 14.2. The van der Waals surface area contributed by atoms with Gasteiger partial charge in [-0.05, 0) is 59.2 Å². The Bertz CT molecular complexity index is 1440. The molecule has 2 amide bonds. The second-order valence-corrected chi connectivity index (χ2v) is 12.3. The van der Waals surface area contributed by atoms with E-state index in [1.165, 1.54) is 4.90 Å². The molecule has 40 heavy (non-hydrogen) atoms. The number of carboxylic acid groups (broad SMARTS) is 1. The molecule has 2 heterocycles. The summed E-state index contributed by atoms with van der Waals surface area (Å²) in [6.07, 6.45) is -0.151. The van der Waals surface area contributed by atoms with E-state index < -0.39 is 24.2 Å². The van der Waals surface area contributed by atoms with E-state index in [1.54, 1.807) is 11.0 Å². The number of amides is 2. The van der Waals surface area contributed by atoms with Gasteiger partial charge in [-0.1, -0.05) is 74.8 Å². The second-order valence-electron chi connectivity index (χ2n) is 11.9. The summed E-state index contributed by atoms with van der Waals surface area (Å²) in [4.78, 5) is 42.9. The molecule has 0 spiro atoms. The van der Waals surface area contributed by atoms with Crippen molar-refractivity contribution in [2.24, 2.45) is 5.41 Å². The lowest BCUT2D eigenvalue weighted by atomic mass is 9.93. The van der Waals surface area contributed by atoms with Crippen molar-refractivity contribution in [1.29, 1.82) is 0 Å². The Hall–Kier alpha value is -3.42. The van der Waals surface area contributed by atoms with Crippen LogP contribution in [0.25, 0.3) is 10.8 Å². The molecule has 3 unspecified atom stereocenters. The molecule has 0 aliphatic carbocycles. The number of hydrogen-bond acceptors (Lipinski definition) is 4. The van der Waals surface area contributed by atoms with Crippen LogP contribution in [-0.4, -0.2) is 53.0 Å². The smallest absolute Gasteiger partial charge is 0.326 e. The third-order valence-electron chi connectivity index (χ3n) is 7.61. The zero-order valence-electron chi connectivity index (χ0n) is 23.1. The second kappa shape index (κ2) is 11.2. The van der Waals surface area contributed by atoms with Gasteiger partial charge in [-0.3, -0.25) is 9.59 Å². The van der Waals surface area contributed by atoms with Crippen LogP contribution in [0.4, 0.5) is 5.69 Å². The molecule has 5 rings (SSSR count). The van der Waals surface area contributed by atoms with Crippen LogP contribution >= 0.6 is 11.6 Å². The Morgan fingerprint density at radius 1 is 1.02 bits per heavy atom. The highest BCUT2D eigenvalue weighted by atomic mass is 35.5. The number of halogens is 1. The van der Waals surface area contributed by atoms with Gasteiger partial charge in [0.1, 0.15) is 18.2 Å². The highest BCUT2D eigenvalue weighted by Crippen LogP contribution is 2.43. The minimum atomic E-state index is -1.11. The lowest BCUT2D eigenvalue weighted by Crippen LogP contribution is -2.50. The quantitative estimate of drug-likeness (QED) is 0.399. The van der Waals surface area contributed by atoms with E-state index >= 15 is 0 Å². The molecule has 3 aromatic carbocycles. The van der Waals surface area contributed by atoms with Crippen LogP contribution in [0.3, 0.4) is 0 Å². The lowest BCUT2D eigenvalue weighted by molar-refractivity contribution is -0.154. The zero-order valence-corrected chi connectivity index (χ0v) is 23.9. The fraction of sp³-hybridized carbons (Fsp3) is 0.406. The molecule has 0 radical (unpaired) electrons. The van der Waals surface area contributed by atoms with Crippen LogP contribution in [0.2, 0.25) is 5.02 Å². The van der Waals surface area contributed by atoms with Crippen molar-refractivity contribution in [2.75, 3.05) is 18.0 Å². The predicted octanol–water partition coefficient (Wildman–Crippen LogP) is 6.22. The molecule has 210 valence electrons. The van der Waals surface area contributed by atoms with Gasteiger partial charge in [0, 0.05) is 29.4 Å². The molecule has 0 aromatic heterocycles. The summed E-state index contributed by atoms with van der Waals surface area (Å²) in [5, 5.41) is 12.3. The number of rotatable bonds is 5. The van der Waals surface area contributed by atoms with Gasteiger partial charge >= 0.3 is 5.97 Å². The third-order valence-corrected chi connectivity index (χ3v) is 7.85. The van der Waals surface area contributed by atoms with Crippen molar-refractivity contribution < 1.29 is 24.2 Å². The average molecular weight is 563 g/mol. The molecular weight excluding hydrogens is 528 g/mol. The molecule has 3 aromatic rings. The molecule has 1 fully saturated rings. The molecule has 1 N–H and O–H groups in total. The summed E-state index contributed by atoms with van der Waals surface area (Å²) in [6.45, 7) is 6.91. The SMILES string of the molecule is CC(C)(C)CN1C(=O)C(CC(=O)N2CCCCC2C(=O)O)OC(c2cccc3ccccc23)c2cc(Cl)ccc21. The molecule has 8 heteroatoms. The maximum absolute atomic E-state index is 14.2. The van der Waals surface area contributed by atoms with Gasteiger partial charge in [0.15, 0.2) is 0 Å². The van der Waals surface area contributed by atoms with Gasteiger partial charge < -0.3 is 19.6 Å². The zero-order chi connectivity index (χ0) is 28.6. The van der Waals surface area contributed by atoms with Crippen LogP contribution in [0.15, 0.2) is 60.7 Å².